The highest BCUT2D eigenvalue weighted by Gasteiger charge is 2.43. The fourth-order valence-corrected chi connectivity index (χ4v) is 3.51. The van der Waals surface area contributed by atoms with Gasteiger partial charge in [-0.1, -0.05) is 19.8 Å². The van der Waals surface area contributed by atoms with E-state index in [0.717, 1.165) is 12.3 Å². The molecule has 1 saturated carbocycles. The van der Waals surface area contributed by atoms with E-state index < -0.39 is 0 Å². The summed E-state index contributed by atoms with van der Waals surface area (Å²) in [6, 6.07) is 2.41. The van der Waals surface area contributed by atoms with Crippen LogP contribution in [0, 0.1) is 0 Å². The van der Waals surface area contributed by atoms with E-state index in [0.29, 0.717) is 6.04 Å². The molecule has 1 unspecified atom stereocenters. The summed E-state index contributed by atoms with van der Waals surface area (Å²) in [4.78, 5) is 6.73. The van der Waals surface area contributed by atoms with Gasteiger partial charge in [0, 0.05) is 11.7 Å². The number of methoxy groups -OCH3 is 1. The average Bonchev–Trinajstić information content (AvgIpc) is 2.95. The van der Waals surface area contributed by atoms with Gasteiger partial charge in [-0.25, -0.2) is 0 Å². The van der Waals surface area contributed by atoms with Crippen molar-refractivity contribution >= 4 is 0 Å². The zero-order valence-corrected chi connectivity index (χ0v) is 13.1. The average molecular weight is 277 g/mol. The Morgan fingerprint density at radius 1 is 1.35 bits per heavy atom. The molecule has 1 atom stereocenters. The number of nitrogens with one attached hydrogen (secondary N) is 1. The number of pyridine rings is 1. The van der Waals surface area contributed by atoms with Crippen molar-refractivity contribution in [2.45, 2.75) is 44.2 Å². The largest absolute Gasteiger partial charge is 0.495 e. The van der Waals surface area contributed by atoms with Gasteiger partial charge >= 0.3 is 0 Å². The van der Waals surface area contributed by atoms with E-state index in [-0.39, 0.29) is 5.54 Å². The quantitative estimate of drug-likeness (QED) is 0.867. The number of ether oxygens (including phenoxy) is 1. The number of rotatable bonds is 6. The maximum absolute atomic E-state index is 5.34. The number of likely N-dealkylation sites (N-methyl/N-ethyl adjacent to an activating group) is 2. The van der Waals surface area contributed by atoms with Gasteiger partial charge in [-0.15, -0.1) is 0 Å². The molecule has 0 spiro atoms. The molecule has 1 N–H and O–H groups in total. The molecule has 1 aliphatic carbocycles. The van der Waals surface area contributed by atoms with Crippen molar-refractivity contribution in [2.75, 3.05) is 27.7 Å². The van der Waals surface area contributed by atoms with Gasteiger partial charge in [-0.2, -0.15) is 0 Å². The smallest absolute Gasteiger partial charge is 0.137 e. The lowest BCUT2D eigenvalue weighted by molar-refractivity contribution is 0.105. The standard InChI is InChI=1S/C16H27N3O/c1-5-18-15(13-10-14(20-4)12-17-11-13)16(19(2)3)8-6-7-9-16/h10-12,15,18H,5-9H2,1-4H3. The molecule has 1 fully saturated rings. The van der Waals surface area contributed by atoms with Gasteiger partial charge in [0.05, 0.1) is 19.3 Å². The molecule has 1 aromatic heterocycles. The van der Waals surface area contributed by atoms with Crippen molar-refractivity contribution in [3.63, 3.8) is 0 Å². The van der Waals surface area contributed by atoms with Crippen LogP contribution in [-0.4, -0.2) is 43.2 Å². The van der Waals surface area contributed by atoms with Crippen molar-refractivity contribution in [3.8, 4) is 5.75 Å². The van der Waals surface area contributed by atoms with E-state index in [2.05, 4.69) is 42.3 Å². The predicted molar refractivity (Wildman–Crippen MR) is 82.1 cm³/mol. The van der Waals surface area contributed by atoms with E-state index >= 15 is 0 Å². The molecule has 0 bridgehead atoms. The second-order valence-corrected chi connectivity index (χ2v) is 5.85. The second kappa shape index (κ2) is 6.55. The number of nitrogens with zero attached hydrogens (tertiary/aromatic N) is 2. The molecule has 0 radical (unpaired) electrons. The normalized spacial score (nSPS) is 19.2. The SMILES string of the molecule is CCNC(c1cncc(OC)c1)C1(N(C)C)CCCC1. The Labute approximate surface area is 122 Å². The molecule has 0 aromatic carbocycles. The molecule has 4 heteroatoms. The van der Waals surface area contributed by atoms with Crippen LogP contribution < -0.4 is 10.1 Å². The van der Waals surface area contributed by atoms with Crippen molar-refractivity contribution < 1.29 is 4.74 Å². The molecular weight excluding hydrogens is 250 g/mol. The maximum atomic E-state index is 5.34. The van der Waals surface area contributed by atoms with E-state index in [9.17, 15) is 0 Å². The summed E-state index contributed by atoms with van der Waals surface area (Å²) in [5, 5.41) is 3.68. The highest BCUT2D eigenvalue weighted by molar-refractivity contribution is 5.29. The first-order valence-corrected chi connectivity index (χ1v) is 7.54. The summed E-state index contributed by atoms with van der Waals surface area (Å²) < 4.78 is 5.34. The summed E-state index contributed by atoms with van der Waals surface area (Å²) in [5.41, 5.74) is 1.41. The second-order valence-electron chi connectivity index (χ2n) is 5.85. The zero-order chi connectivity index (χ0) is 14.6. The van der Waals surface area contributed by atoms with Gasteiger partial charge < -0.3 is 15.0 Å². The Kier molecular flexibility index (Phi) is 5.00. The minimum atomic E-state index is 0.185. The van der Waals surface area contributed by atoms with Gasteiger partial charge in [-0.05, 0) is 45.1 Å². The van der Waals surface area contributed by atoms with E-state index in [1.54, 1.807) is 13.3 Å². The molecule has 4 nitrogen and oxygen atoms in total. The minimum Gasteiger partial charge on any atom is -0.495 e. The maximum Gasteiger partial charge on any atom is 0.137 e. The van der Waals surface area contributed by atoms with Crippen molar-refractivity contribution in [1.29, 1.82) is 0 Å². The van der Waals surface area contributed by atoms with Gasteiger partial charge in [-0.3, -0.25) is 4.98 Å². The van der Waals surface area contributed by atoms with Gasteiger partial charge in [0.1, 0.15) is 5.75 Å². The molecular formula is C16H27N3O. The highest BCUT2D eigenvalue weighted by Crippen LogP contribution is 2.43. The van der Waals surface area contributed by atoms with Gasteiger partial charge in [0.15, 0.2) is 0 Å². The molecule has 20 heavy (non-hydrogen) atoms. The molecule has 0 aliphatic heterocycles. The Bertz CT molecular complexity index is 427. The summed E-state index contributed by atoms with van der Waals surface area (Å²) in [6.45, 7) is 3.12. The minimum absolute atomic E-state index is 0.185. The molecule has 2 rings (SSSR count). The van der Waals surface area contributed by atoms with Crippen LogP contribution in [0.5, 0.6) is 5.75 Å². The monoisotopic (exact) mass is 277 g/mol. The Morgan fingerprint density at radius 3 is 2.60 bits per heavy atom. The topological polar surface area (TPSA) is 37.4 Å². The zero-order valence-electron chi connectivity index (χ0n) is 13.1. The van der Waals surface area contributed by atoms with Crippen LogP contribution in [0.25, 0.3) is 0 Å². The molecule has 112 valence electrons. The first-order valence-electron chi connectivity index (χ1n) is 7.54. The van der Waals surface area contributed by atoms with Crippen molar-refractivity contribution in [1.82, 2.24) is 15.2 Å². The van der Waals surface area contributed by atoms with Gasteiger partial charge in [0.2, 0.25) is 0 Å². The van der Waals surface area contributed by atoms with E-state index in [4.69, 9.17) is 4.74 Å². The van der Waals surface area contributed by atoms with Crippen LogP contribution in [0.4, 0.5) is 0 Å². The molecule has 0 saturated heterocycles. The van der Waals surface area contributed by atoms with E-state index in [1.165, 1.54) is 31.2 Å². The third-order valence-electron chi connectivity index (χ3n) is 4.61. The molecule has 1 aromatic rings. The Balaban J connectivity index is 2.38. The molecule has 1 heterocycles. The summed E-state index contributed by atoms with van der Waals surface area (Å²) in [5.74, 6) is 0.831. The number of hydrogen-bond acceptors (Lipinski definition) is 4. The Morgan fingerprint density at radius 2 is 2.05 bits per heavy atom. The Hall–Kier alpha value is -1.13. The lowest BCUT2D eigenvalue weighted by Crippen LogP contribution is -2.52. The predicted octanol–water partition coefficient (Wildman–Crippen LogP) is 2.62. The van der Waals surface area contributed by atoms with Crippen molar-refractivity contribution in [3.05, 3.63) is 24.0 Å². The van der Waals surface area contributed by atoms with Gasteiger partial charge in [0.25, 0.3) is 0 Å². The summed E-state index contributed by atoms with van der Waals surface area (Å²) >= 11 is 0. The highest BCUT2D eigenvalue weighted by atomic mass is 16.5. The van der Waals surface area contributed by atoms with Crippen LogP contribution in [0.1, 0.15) is 44.2 Å². The summed E-state index contributed by atoms with van der Waals surface area (Å²) in [6.07, 6.45) is 8.81. The van der Waals surface area contributed by atoms with Crippen LogP contribution in [0.3, 0.4) is 0 Å². The van der Waals surface area contributed by atoms with Crippen molar-refractivity contribution in [2.24, 2.45) is 0 Å². The third kappa shape index (κ3) is 2.81. The van der Waals surface area contributed by atoms with E-state index in [1.807, 2.05) is 6.20 Å². The fourth-order valence-electron chi connectivity index (χ4n) is 3.51. The molecule has 1 aliphatic rings. The van der Waals surface area contributed by atoms with Crippen LogP contribution in [0.2, 0.25) is 0 Å². The van der Waals surface area contributed by atoms with Crippen LogP contribution >= 0.6 is 0 Å². The van der Waals surface area contributed by atoms with Crippen LogP contribution in [0.15, 0.2) is 18.5 Å². The third-order valence-corrected chi connectivity index (χ3v) is 4.61. The first-order chi connectivity index (χ1) is 9.64. The number of aromatic nitrogens is 1. The summed E-state index contributed by atoms with van der Waals surface area (Å²) in [7, 11) is 6.09. The number of hydrogen-bond donors (Lipinski definition) is 1. The molecule has 0 amide bonds. The lowest BCUT2D eigenvalue weighted by Gasteiger charge is -2.44. The fraction of sp³-hybridized carbons (Fsp3) is 0.688. The van der Waals surface area contributed by atoms with Crippen LogP contribution in [-0.2, 0) is 0 Å². The lowest BCUT2D eigenvalue weighted by atomic mass is 9.83. The first kappa shape index (κ1) is 15.3.